The number of benzene rings is 1. The van der Waals surface area contributed by atoms with Crippen LogP contribution in [0, 0.1) is 19.3 Å². The molecular weight excluding hydrogens is 314 g/mol. The number of hydrogen-bond donors (Lipinski definition) is 1. The largest absolute Gasteiger partial charge is 0.388 e. The number of hydrogen-bond acceptors (Lipinski definition) is 1. The summed E-state index contributed by atoms with van der Waals surface area (Å²) in [5, 5.41) is 3.31. The number of aryl methyl sites for hydroxylation is 3. The smallest absolute Gasteiger partial charge is 0.0416 e. The lowest BCUT2D eigenvalue weighted by Crippen LogP contribution is -2.07. The maximum Gasteiger partial charge on any atom is 0.0416 e. The highest BCUT2D eigenvalue weighted by Crippen LogP contribution is 2.41. The summed E-state index contributed by atoms with van der Waals surface area (Å²) in [7, 11) is 1.98. The van der Waals surface area contributed by atoms with Crippen LogP contribution in [0.5, 0.6) is 0 Å². The Hall–Kier alpha value is -1.76. The topological polar surface area (TPSA) is 12.0 Å². The Morgan fingerprint density at radius 2 is 1.58 bits per heavy atom. The molecule has 26 heavy (non-hydrogen) atoms. The van der Waals surface area contributed by atoms with Crippen LogP contribution in [0.4, 0.5) is 0 Å². The van der Waals surface area contributed by atoms with Crippen molar-refractivity contribution >= 4 is 5.70 Å². The molecule has 0 atom stereocenters. The second kappa shape index (κ2) is 11.1. The lowest BCUT2D eigenvalue weighted by atomic mass is 9.96. The molecule has 1 aliphatic rings. The van der Waals surface area contributed by atoms with Crippen LogP contribution in [0.1, 0.15) is 77.6 Å². The molecule has 0 saturated heterocycles. The van der Waals surface area contributed by atoms with Crippen LogP contribution in [-0.4, -0.2) is 7.05 Å². The molecule has 1 heteroatoms. The van der Waals surface area contributed by atoms with Gasteiger partial charge in [-0.3, -0.25) is 0 Å². The van der Waals surface area contributed by atoms with Crippen molar-refractivity contribution in [1.82, 2.24) is 5.32 Å². The summed E-state index contributed by atoms with van der Waals surface area (Å²) in [5.74, 6) is 0. The Morgan fingerprint density at radius 3 is 1.92 bits per heavy atom. The predicted molar refractivity (Wildman–Crippen MR) is 121 cm³/mol. The van der Waals surface area contributed by atoms with E-state index in [0.717, 1.165) is 6.42 Å². The predicted octanol–water partition coefficient (Wildman–Crippen LogP) is 7.39. The minimum Gasteiger partial charge on any atom is -0.388 e. The molecule has 0 spiro atoms. The van der Waals surface area contributed by atoms with Gasteiger partial charge in [-0.25, -0.2) is 0 Å². The summed E-state index contributed by atoms with van der Waals surface area (Å²) in [6.07, 6.45) is 7.69. The van der Waals surface area contributed by atoms with Crippen molar-refractivity contribution < 1.29 is 0 Å². The summed E-state index contributed by atoms with van der Waals surface area (Å²) in [5.41, 5.74) is 9.94. The van der Waals surface area contributed by atoms with Gasteiger partial charge in [-0.05, 0) is 69.9 Å². The van der Waals surface area contributed by atoms with Crippen molar-refractivity contribution in [3.63, 3.8) is 0 Å². The highest BCUT2D eigenvalue weighted by atomic mass is 14.8. The first-order valence-corrected chi connectivity index (χ1v) is 9.99. The summed E-state index contributed by atoms with van der Waals surface area (Å²) in [4.78, 5) is 0. The number of rotatable bonds is 4. The third-order valence-corrected chi connectivity index (χ3v) is 4.96. The van der Waals surface area contributed by atoms with Gasteiger partial charge < -0.3 is 5.32 Å². The number of allylic oxidation sites excluding steroid dienone is 5. The Balaban J connectivity index is 0.000000648. The van der Waals surface area contributed by atoms with Gasteiger partial charge >= 0.3 is 0 Å². The van der Waals surface area contributed by atoms with Gasteiger partial charge in [-0.15, -0.1) is 0 Å². The van der Waals surface area contributed by atoms with Gasteiger partial charge in [0, 0.05) is 23.7 Å². The van der Waals surface area contributed by atoms with Gasteiger partial charge in [-0.1, -0.05) is 64.0 Å². The highest BCUT2D eigenvalue weighted by molar-refractivity contribution is 5.70. The zero-order valence-electron chi connectivity index (χ0n) is 19.1. The minimum absolute atomic E-state index is 0.500. The molecule has 0 fully saturated rings. The van der Waals surface area contributed by atoms with Crippen LogP contribution >= 0.6 is 0 Å². The Labute approximate surface area is 163 Å². The lowest BCUT2D eigenvalue weighted by molar-refractivity contribution is 0.700. The van der Waals surface area contributed by atoms with Gasteiger partial charge in [0.2, 0.25) is 0 Å². The fourth-order valence-corrected chi connectivity index (χ4v) is 2.65. The van der Waals surface area contributed by atoms with E-state index < -0.39 is 0 Å². The third-order valence-electron chi connectivity index (χ3n) is 4.96. The molecule has 1 nitrogen and oxygen atoms in total. The fraction of sp³-hybridized carbons (Fsp3) is 0.520. The normalized spacial score (nSPS) is 15.1. The molecule has 2 rings (SSSR count). The molecule has 0 saturated carbocycles. The molecule has 0 heterocycles. The summed E-state index contributed by atoms with van der Waals surface area (Å²) in [6.45, 7) is 21.4. The molecule has 0 aliphatic heterocycles. The van der Waals surface area contributed by atoms with E-state index in [9.17, 15) is 0 Å². The van der Waals surface area contributed by atoms with Crippen LogP contribution in [0.2, 0.25) is 0 Å². The zero-order chi connectivity index (χ0) is 20.5. The van der Waals surface area contributed by atoms with Gasteiger partial charge in [0.1, 0.15) is 0 Å². The quantitative estimate of drug-likeness (QED) is 0.438. The lowest BCUT2D eigenvalue weighted by Gasteiger charge is -2.14. The van der Waals surface area contributed by atoms with Crippen molar-refractivity contribution in [2.75, 3.05) is 7.05 Å². The monoisotopic (exact) mass is 355 g/mol. The third kappa shape index (κ3) is 7.23. The standard InChI is InChI=1S/C17H25N.C6H10.C2H6/c1-7-12(3)9-17(18-6)16-11-13(4)15(8-2)10-14(16)5;1-5-4-6(5,2)3;1-2/h7,9-11,18H,8H2,1-6H3;4H,1-3H3;1-2H3/b12-7-,17-9-;;. The maximum absolute atomic E-state index is 3.31. The molecule has 146 valence electrons. The van der Waals surface area contributed by atoms with Gasteiger partial charge in [0.15, 0.2) is 0 Å². The summed E-state index contributed by atoms with van der Waals surface area (Å²) < 4.78 is 0. The molecule has 0 radical (unpaired) electrons. The van der Waals surface area contributed by atoms with E-state index in [0.29, 0.717) is 5.41 Å². The summed E-state index contributed by atoms with van der Waals surface area (Å²) >= 11 is 0. The second-order valence-electron chi connectivity index (χ2n) is 7.34. The SMILES string of the molecule is C/C=C(C)\C=C(/NC)c1cc(C)c(CC)cc1C.CC.CC1=CC1(C)C. The molecule has 0 amide bonds. The van der Waals surface area contributed by atoms with Crippen LogP contribution in [-0.2, 0) is 6.42 Å². The van der Waals surface area contributed by atoms with E-state index >= 15 is 0 Å². The van der Waals surface area contributed by atoms with Gasteiger partial charge in [0.05, 0.1) is 0 Å². The maximum atomic E-state index is 3.31. The molecular formula is C25H41N. The molecule has 1 aromatic rings. The van der Waals surface area contributed by atoms with E-state index in [1.165, 1.54) is 39.1 Å². The van der Waals surface area contributed by atoms with Crippen molar-refractivity contribution in [2.45, 2.75) is 75.7 Å². The van der Waals surface area contributed by atoms with E-state index in [2.05, 4.69) is 91.1 Å². The molecule has 1 N–H and O–H groups in total. The number of nitrogens with one attached hydrogen (secondary N) is 1. The van der Waals surface area contributed by atoms with Crippen molar-refractivity contribution in [2.24, 2.45) is 5.41 Å². The first-order valence-electron chi connectivity index (χ1n) is 9.99. The average molecular weight is 356 g/mol. The van der Waals surface area contributed by atoms with Crippen LogP contribution < -0.4 is 5.32 Å². The van der Waals surface area contributed by atoms with Crippen molar-refractivity contribution in [3.05, 3.63) is 63.8 Å². The Morgan fingerprint density at radius 1 is 1.08 bits per heavy atom. The van der Waals surface area contributed by atoms with E-state index in [4.69, 9.17) is 0 Å². The first-order chi connectivity index (χ1) is 12.2. The van der Waals surface area contributed by atoms with Crippen LogP contribution in [0.25, 0.3) is 5.70 Å². The van der Waals surface area contributed by atoms with E-state index in [-0.39, 0.29) is 0 Å². The second-order valence-corrected chi connectivity index (χ2v) is 7.34. The zero-order valence-corrected chi connectivity index (χ0v) is 19.1. The first kappa shape index (κ1) is 24.2. The van der Waals surface area contributed by atoms with E-state index in [1.807, 2.05) is 20.9 Å². The highest BCUT2D eigenvalue weighted by Gasteiger charge is 2.28. The Bertz CT molecular complexity index is 670. The van der Waals surface area contributed by atoms with Crippen LogP contribution in [0.3, 0.4) is 0 Å². The van der Waals surface area contributed by atoms with Gasteiger partial charge in [-0.2, -0.15) is 0 Å². The fourth-order valence-electron chi connectivity index (χ4n) is 2.65. The average Bonchev–Trinajstić information content (AvgIpc) is 3.19. The van der Waals surface area contributed by atoms with Crippen molar-refractivity contribution in [1.29, 1.82) is 0 Å². The molecule has 0 aromatic heterocycles. The molecule has 0 unspecified atom stereocenters. The molecule has 1 aromatic carbocycles. The summed E-state index contributed by atoms with van der Waals surface area (Å²) in [6, 6.07) is 4.60. The van der Waals surface area contributed by atoms with Gasteiger partial charge in [0.25, 0.3) is 0 Å². The van der Waals surface area contributed by atoms with Crippen molar-refractivity contribution in [3.8, 4) is 0 Å². The van der Waals surface area contributed by atoms with Crippen LogP contribution in [0.15, 0.2) is 41.5 Å². The molecule has 0 bridgehead atoms. The Kier molecular flexibility index (Phi) is 10.3. The minimum atomic E-state index is 0.500. The van der Waals surface area contributed by atoms with E-state index in [1.54, 1.807) is 0 Å². The molecule has 1 aliphatic carbocycles.